The smallest absolute Gasteiger partial charge is 0.111 e. The van der Waals surface area contributed by atoms with Crippen LogP contribution in [0.2, 0.25) is 0 Å². The lowest BCUT2D eigenvalue weighted by Crippen LogP contribution is -2.55. The van der Waals surface area contributed by atoms with E-state index in [0.29, 0.717) is 6.17 Å². The summed E-state index contributed by atoms with van der Waals surface area (Å²) >= 11 is 0. The molecule has 2 aliphatic rings. The number of nitrogens with zero attached hydrogens (tertiary/aromatic N) is 2. The van der Waals surface area contributed by atoms with E-state index in [9.17, 15) is 0 Å². The van der Waals surface area contributed by atoms with E-state index in [1.807, 2.05) is 12.3 Å². The maximum atomic E-state index is 4.18. The highest BCUT2D eigenvalue weighted by Gasteiger charge is 2.17. The molecule has 0 spiro atoms. The topological polar surface area (TPSA) is 39.7 Å². The Hall–Kier alpha value is -0.870. The summed E-state index contributed by atoms with van der Waals surface area (Å²) in [7, 11) is 0. The van der Waals surface area contributed by atoms with Gasteiger partial charge in [-0.15, -0.1) is 0 Å². The Kier molecular flexibility index (Phi) is 2.39. The van der Waals surface area contributed by atoms with E-state index < -0.39 is 0 Å². The molecule has 0 aromatic rings. The zero-order chi connectivity index (χ0) is 8.23. The van der Waals surface area contributed by atoms with Gasteiger partial charge in [-0.3, -0.25) is 10.3 Å². The van der Waals surface area contributed by atoms with Crippen molar-refractivity contribution in [2.24, 2.45) is 4.99 Å². The maximum Gasteiger partial charge on any atom is 0.111 e. The Morgan fingerprint density at radius 2 is 2.42 bits per heavy atom. The number of rotatable bonds is 1. The second kappa shape index (κ2) is 3.69. The first-order valence-corrected chi connectivity index (χ1v) is 4.33. The Morgan fingerprint density at radius 3 is 3.08 bits per heavy atom. The zero-order valence-corrected chi connectivity index (χ0v) is 7.03. The molecule has 1 fully saturated rings. The van der Waals surface area contributed by atoms with Crippen LogP contribution in [0.4, 0.5) is 0 Å². The van der Waals surface area contributed by atoms with E-state index in [1.54, 1.807) is 0 Å². The summed E-state index contributed by atoms with van der Waals surface area (Å²) in [6.07, 6.45) is 6.30. The monoisotopic (exact) mass is 166 g/mol. The fraction of sp³-hybridized carbons (Fsp3) is 0.625. The molecule has 4 heteroatoms. The van der Waals surface area contributed by atoms with Crippen molar-refractivity contribution >= 4 is 6.21 Å². The van der Waals surface area contributed by atoms with Gasteiger partial charge in [0, 0.05) is 32.0 Å². The first-order valence-electron chi connectivity index (χ1n) is 4.33. The van der Waals surface area contributed by atoms with Crippen LogP contribution in [0, 0.1) is 0 Å². The van der Waals surface area contributed by atoms with Gasteiger partial charge in [0.15, 0.2) is 0 Å². The zero-order valence-electron chi connectivity index (χ0n) is 7.03. The molecule has 1 saturated heterocycles. The van der Waals surface area contributed by atoms with Gasteiger partial charge in [-0.25, -0.2) is 0 Å². The highest BCUT2D eigenvalue weighted by molar-refractivity contribution is 5.71. The van der Waals surface area contributed by atoms with Crippen molar-refractivity contribution < 1.29 is 0 Å². The van der Waals surface area contributed by atoms with Gasteiger partial charge in [-0.05, 0) is 6.08 Å². The van der Waals surface area contributed by atoms with Gasteiger partial charge in [-0.1, -0.05) is 0 Å². The molecule has 2 rings (SSSR count). The second-order valence-electron chi connectivity index (χ2n) is 3.00. The molecule has 0 aromatic carbocycles. The van der Waals surface area contributed by atoms with Crippen LogP contribution in [0.5, 0.6) is 0 Å². The molecular weight excluding hydrogens is 152 g/mol. The third-order valence-corrected chi connectivity index (χ3v) is 2.13. The first kappa shape index (κ1) is 7.76. The highest BCUT2D eigenvalue weighted by Crippen LogP contribution is 2.01. The first-order chi connectivity index (χ1) is 5.97. The van der Waals surface area contributed by atoms with Crippen molar-refractivity contribution in [2.45, 2.75) is 6.17 Å². The van der Waals surface area contributed by atoms with Crippen LogP contribution >= 0.6 is 0 Å². The van der Waals surface area contributed by atoms with Gasteiger partial charge >= 0.3 is 0 Å². The van der Waals surface area contributed by atoms with Crippen molar-refractivity contribution in [2.75, 3.05) is 26.3 Å². The molecule has 0 amide bonds. The fourth-order valence-corrected chi connectivity index (χ4v) is 1.47. The van der Waals surface area contributed by atoms with Gasteiger partial charge in [0.05, 0.1) is 6.17 Å². The van der Waals surface area contributed by atoms with Crippen LogP contribution in [0.15, 0.2) is 17.3 Å². The van der Waals surface area contributed by atoms with Crippen molar-refractivity contribution in [1.82, 2.24) is 15.5 Å². The summed E-state index contributed by atoms with van der Waals surface area (Å²) in [6.45, 7) is 3.88. The quantitative estimate of drug-likeness (QED) is 0.544. The third-order valence-electron chi connectivity index (χ3n) is 2.13. The molecule has 0 radical (unpaired) electrons. The van der Waals surface area contributed by atoms with Crippen molar-refractivity contribution in [3.63, 3.8) is 0 Å². The van der Waals surface area contributed by atoms with Crippen LogP contribution in [0.3, 0.4) is 0 Å². The summed E-state index contributed by atoms with van der Waals surface area (Å²) in [4.78, 5) is 6.38. The number of hydrogen-bond acceptors (Lipinski definition) is 4. The molecule has 2 heterocycles. The van der Waals surface area contributed by atoms with Crippen LogP contribution in [0.1, 0.15) is 0 Å². The maximum absolute atomic E-state index is 4.18. The molecular formula is C8H14N4. The van der Waals surface area contributed by atoms with E-state index in [2.05, 4.69) is 26.7 Å². The molecule has 1 unspecified atom stereocenters. The Morgan fingerprint density at radius 1 is 1.42 bits per heavy atom. The average molecular weight is 166 g/mol. The van der Waals surface area contributed by atoms with Gasteiger partial charge in [0.25, 0.3) is 0 Å². The van der Waals surface area contributed by atoms with E-state index in [0.717, 1.165) is 26.3 Å². The van der Waals surface area contributed by atoms with Crippen LogP contribution < -0.4 is 10.6 Å². The molecule has 0 aliphatic carbocycles. The molecule has 2 aliphatic heterocycles. The van der Waals surface area contributed by atoms with E-state index in [1.165, 1.54) is 0 Å². The Labute approximate surface area is 72.3 Å². The van der Waals surface area contributed by atoms with E-state index in [4.69, 9.17) is 0 Å². The van der Waals surface area contributed by atoms with Crippen molar-refractivity contribution in [3.05, 3.63) is 12.3 Å². The van der Waals surface area contributed by atoms with Gasteiger partial charge in [0.2, 0.25) is 0 Å². The highest BCUT2D eigenvalue weighted by atomic mass is 15.3. The number of allylic oxidation sites excluding steroid dienone is 1. The summed E-state index contributed by atoms with van der Waals surface area (Å²) < 4.78 is 0. The van der Waals surface area contributed by atoms with Crippen LogP contribution in [-0.4, -0.2) is 43.6 Å². The minimum atomic E-state index is 0.410. The Bertz CT molecular complexity index is 193. The molecule has 0 bridgehead atoms. The lowest BCUT2D eigenvalue weighted by atomic mass is 10.3. The van der Waals surface area contributed by atoms with Gasteiger partial charge < -0.3 is 10.2 Å². The standard InChI is InChI=1S/C8H14N4/c1-2-10-7-12(5-1)8-6-9-3-4-11-8/h1-2,5,8-9,11H,3-4,6-7H2. The minimum absolute atomic E-state index is 0.410. The predicted octanol–water partition coefficient (Wildman–Crippen LogP) is -0.637. The fourth-order valence-electron chi connectivity index (χ4n) is 1.47. The number of aliphatic imine (C=N–C) groups is 1. The van der Waals surface area contributed by atoms with Crippen molar-refractivity contribution in [1.29, 1.82) is 0 Å². The van der Waals surface area contributed by atoms with Gasteiger partial charge in [-0.2, -0.15) is 0 Å². The number of piperazine rings is 1. The number of nitrogens with one attached hydrogen (secondary N) is 2. The van der Waals surface area contributed by atoms with Crippen molar-refractivity contribution in [3.8, 4) is 0 Å². The molecule has 66 valence electrons. The predicted molar refractivity (Wildman–Crippen MR) is 49.0 cm³/mol. The molecule has 4 nitrogen and oxygen atoms in total. The van der Waals surface area contributed by atoms with E-state index in [-0.39, 0.29) is 0 Å². The molecule has 2 N–H and O–H groups in total. The Balaban J connectivity index is 1.90. The lowest BCUT2D eigenvalue weighted by Gasteiger charge is -2.34. The molecule has 1 atom stereocenters. The number of hydrogen-bond donors (Lipinski definition) is 2. The summed E-state index contributed by atoms with van der Waals surface area (Å²) in [5.74, 6) is 0. The average Bonchev–Trinajstić information content (AvgIpc) is 2.21. The molecule has 0 saturated carbocycles. The normalized spacial score (nSPS) is 29.3. The summed E-state index contributed by atoms with van der Waals surface area (Å²) in [5.41, 5.74) is 0. The van der Waals surface area contributed by atoms with Crippen LogP contribution in [-0.2, 0) is 0 Å². The minimum Gasteiger partial charge on any atom is -0.342 e. The van der Waals surface area contributed by atoms with Crippen LogP contribution in [0.25, 0.3) is 0 Å². The summed E-state index contributed by atoms with van der Waals surface area (Å²) in [5, 5.41) is 6.77. The third kappa shape index (κ3) is 1.65. The molecule has 0 aromatic heterocycles. The molecule has 12 heavy (non-hydrogen) atoms. The second-order valence-corrected chi connectivity index (χ2v) is 3.00. The van der Waals surface area contributed by atoms with Gasteiger partial charge in [0.1, 0.15) is 6.67 Å². The largest absolute Gasteiger partial charge is 0.342 e. The lowest BCUT2D eigenvalue weighted by molar-refractivity contribution is 0.211. The summed E-state index contributed by atoms with van der Waals surface area (Å²) in [6, 6.07) is 0. The van der Waals surface area contributed by atoms with E-state index >= 15 is 0 Å². The SMILES string of the molecule is C1=CN(C2CNCCN2)CN=C1.